The summed E-state index contributed by atoms with van der Waals surface area (Å²) in [5, 5.41) is 11.4. The highest BCUT2D eigenvalue weighted by molar-refractivity contribution is 5.79. The molecule has 4 aromatic rings. The molecule has 8 heteroatoms. The van der Waals surface area contributed by atoms with Crippen molar-refractivity contribution in [1.29, 1.82) is 0 Å². The molecule has 0 saturated carbocycles. The topological polar surface area (TPSA) is 85.8 Å². The van der Waals surface area contributed by atoms with Gasteiger partial charge >= 0.3 is 5.76 Å². The number of nitrogens with one attached hydrogen (secondary N) is 1. The lowest BCUT2D eigenvalue weighted by molar-refractivity contribution is 0.528. The van der Waals surface area contributed by atoms with E-state index in [0.29, 0.717) is 22.7 Å². The molecular weight excluding hydrogens is 349 g/mol. The fourth-order valence-electron chi connectivity index (χ4n) is 2.79. The maximum atomic E-state index is 13.0. The van der Waals surface area contributed by atoms with Crippen molar-refractivity contribution in [2.45, 2.75) is 13.0 Å². The highest BCUT2D eigenvalue weighted by Crippen LogP contribution is 2.22. The molecule has 7 nitrogen and oxygen atoms in total. The van der Waals surface area contributed by atoms with Gasteiger partial charge in [-0.3, -0.25) is 4.57 Å². The number of aryl methyl sites for hydroxylation is 1. The number of benzene rings is 2. The molecule has 0 fully saturated rings. The number of fused-ring (bicyclic) bond motifs is 1. The number of halogens is 1. The average molecular weight is 365 g/mol. The van der Waals surface area contributed by atoms with Crippen LogP contribution in [0.25, 0.3) is 22.4 Å². The van der Waals surface area contributed by atoms with Crippen LogP contribution in [-0.4, -0.2) is 19.7 Å². The van der Waals surface area contributed by atoms with Crippen LogP contribution in [0.4, 0.5) is 10.3 Å². The van der Waals surface area contributed by atoms with E-state index in [0.717, 1.165) is 11.1 Å². The highest BCUT2D eigenvalue weighted by Gasteiger charge is 2.11. The zero-order valence-corrected chi connectivity index (χ0v) is 14.7. The van der Waals surface area contributed by atoms with E-state index in [1.165, 1.54) is 16.7 Å². The van der Waals surface area contributed by atoms with Crippen LogP contribution < -0.4 is 11.1 Å². The zero-order chi connectivity index (χ0) is 19.0. The molecule has 2 heterocycles. The summed E-state index contributed by atoms with van der Waals surface area (Å²) in [4.78, 5) is 15.9. The van der Waals surface area contributed by atoms with E-state index in [2.05, 4.69) is 20.5 Å². The number of oxazole rings is 1. The van der Waals surface area contributed by atoms with Crippen molar-refractivity contribution in [3.63, 3.8) is 0 Å². The summed E-state index contributed by atoms with van der Waals surface area (Å²) < 4.78 is 19.6. The molecule has 1 N–H and O–H groups in total. The molecule has 2 aromatic carbocycles. The summed E-state index contributed by atoms with van der Waals surface area (Å²) in [6.45, 7) is 1.93. The summed E-state index contributed by atoms with van der Waals surface area (Å²) in [6.07, 6.45) is 1.60. The number of aromatic nitrogens is 4. The van der Waals surface area contributed by atoms with E-state index in [9.17, 15) is 9.18 Å². The Morgan fingerprint density at radius 2 is 1.93 bits per heavy atom. The van der Waals surface area contributed by atoms with Crippen molar-refractivity contribution < 1.29 is 8.81 Å². The van der Waals surface area contributed by atoms with E-state index in [4.69, 9.17) is 4.42 Å². The summed E-state index contributed by atoms with van der Waals surface area (Å²) in [7, 11) is 1.64. The number of hydrogen-bond acceptors (Lipinski definition) is 6. The normalized spacial score (nSPS) is 12.3. The Balaban J connectivity index is 1.56. The minimum atomic E-state index is -0.416. The fourth-order valence-corrected chi connectivity index (χ4v) is 2.79. The van der Waals surface area contributed by atoms with Crippen molar-refractivity contribution >= 4 is 17.0 Å². The molecule has 0 amide bonds. The first-order chi connectivity index (χ1) is 13.0. The van der Waals surface area contributed by atoms with Gasteiger partial charge in [0, 0.05) is 12.6 Å². The second-order valence-electron chi connectivity index (χ2n) is 6.19. The van der Waals surface area contributed by atoms with Crippen LogP contribution in [0.3, 0.4) is 0 Å². The van der Waals surface area contributed by atoms with Gasteiger partial charge in [0.15, 0.2) is 5.58 Å². The van der Waals surface area contributed by atoms with E-state index < -0.39 is 5.76 Å². The molecule has 0 spiro atoms. The predicted octanol–water partition coefficient (Wildman–Crippen LogP) is 3.30. The molecule has 4 rings (SSSR count). The van der Waals surface area contributed by atoms with Gasteiger partial charge in [0.05, 0.1) is 17.8 Å². The fraction of sp³-hybridized carbons (Fsp3) is 0.158. The molecular formula is C19H16FN5O2. The summed E-state index contributed by atoms with van der Waals surface area (Å²) in [5.41, 5.74) is 3.45. The number of anilines is 1. The van der Waals surface area contributed by atoms with Crippen LogP contribution in [0.2, 0.25) is 0 Å². The zero-order valence-electron chi connectivity index (χ0n) is 14.7. The Hall–Kier alpha value is -3.55. The molecule has 0 bridgehead atoms. The van der Waals surface area contributed by atoms with Gasteiger partial charge in [0.1, 0.15) is 11.5 Å². The third-order valence-electron chi connectivity index (χ3n) is 4.36. The van der Waals surface area contributed by atoms with Gasteiger partial charge in [-0.05, 0) is 42.8 Å². The predicted molar refractivity (Wildman–Crippen MR) is 98.7 cm³/mol. The maximum absolute atomic E-state index is 13.0. The molecule has 0 aliphatic rings. The number of hydrogen-bond donors (Lipinski definition) is 1. The van der Waals surface area contributed by atoms with Gasteiger partial charge in [-0.15, -0.1) is 10.2 Å². The van der Waals surface area contributed by atoms with Crippen molar-refractivity contribution in [2.75, 3.05) is 5.32 Å². The molecule has 0 aliphatic heterocycles. The minimum absolute atomic E-state index is 0.102. The van der Waals surface area contributed by atoms with Gasteiger partial charge in [-0.2, -0.15) is 0 Å². The van der Waals surface area contributed by atoms with E-state index in [1.54, 1.807) is 43.6 Å². The van der Waals surface area contributed by atoms with Crippen molar-refractivity contribution in [2.24, 2.45) is 7.05 Å². The lowest BCUT2D eigenvalue weighted by Crippen LogP contribution is -2.10. The molecule has 0 saturated heterocycles. The molecule has 0 aliphatic carbocycles. The lowest BCUT2D eigenvalue weighted by atomic mass is 10.1. The van der Waals surface area contributed by atoms with E-state index in [-0.39, 0.29) is 11.9 Å². The molecule has 1 atom stereocenters. The van der Waals surface area contributed by atoms with Crippen LogP contribution in [0.1, 0.15) is 18.5 Å². The molecule has 27 heavy (non-hydrogen) atoms. The average Bonchev–Trinajstić information content (AvgIpc) is 2.96. The van der Waals surface area contributed by atoms with Gasteiger partial charge in [0.2, 0.25) is 5.95 Å². The standard InChI is InChI=1S/C19H16FN5O2/c1-11(12-3-6-14(20)7-4-12)22-18-21-10-15(23-24-18)13-5-8-17-16(9-13)25(2)19(26)27-17/h3-11H,1-2H3,(H,21,22,24). The van der Waals surface area contributed by atoms with Gasteiger partial charge in [-0.1, -0.05) is 12.1 Å². The van der Waals surface area contributed by atoms with E-state index >= 15 is 0 Å². The van der Waals surface area contributed by atoms with Crippen LogP contribution in [0.15, 0.2) is 57.9 Å². The second-order valence-corrected chi connectivity index (χ2v) is 6.19. The van der Waals surface area contributed by atoms with Gasteiger partial charge in [-0.25, -0.2) is 14.2 Å². The SMILES string of the molecule is CC(Nc1ncc(-c2ccc3oc(=O)n(C)c3c2)nn1)c1ccc(F)cc1. The Morgan fingerprint density at radius 1 is 1.15 bits per heavy atom. The van der Waals surface area contributed by atoms with Crippen LogP contribution >= 0.6 is 0 Å². The summed E-state index contributed by atoms with van der Waals surface area (Å²) in [5.74, 6) is -0.326. The maximum Gasteiger partial charge on any atom is 0.419 e. The number of nitrogens with zero attached hydrogens (tertiary/aromatic N) is 4. The summed E-state index contributed by atoms with van der Waals surface area (Å²) >= 11 is 0. The van der Waals surface area contributed by atoms with Crippen molar-refractivity contribution in [3.05, 3.63) is 70.6 Å². The minimum Gasteiger partial charge on any atom is -0.408 e. The van der Waals surface area contributed by atoms with E-state index in [1.807, 2.05) is 6.92 Å². The Bertz CT molecular complexity index is 1150. The van der Waals surface area contributed by atoms with Crippen LogP contribution in [0, 0.1) is 5.82 Å². The third kappa shape index (κ3) is 3.29. The Labute approximate surface area is 153 Å². The Kier molecular flexibility index (Phi) is 4.15. The molecule has 2 aromatic heterocycles. The first-order valence-electron chi connectivity index (χ1n) is 8.33. The molecule has 136 valence electrons. The molecule has 0 radical (unpaired) electrons. The first kappa shape index (κ1) is 16.9. The number of rotatable bonds is 4. The van der Waals surface area contributed by atoms with Crippen molar-refractivity contribution in [3.8, 4) is 11.3 Å². The van der Waals surface area contributed by atoms with Gasteiger partial charge < -0.3 is 9.73 Å². The van der Waals surface area contributed by atoms with Crippen molar-refractivity contribution in [1.82, 2.24) is 19.7 Å². The highest BCUT2D eigenvalue weighted by atomic mass is 19.1. The summed E-state index contributed by atoms with van der Waals surface area (Å²) in [6, 6.07) is 11.5. The smallest absolute Gasteiger partial charge is 0.408 e. The quantitative estimate of drug-likeness (QED) is 0.597. The third-order valence-corrected chi connectivity index (χ3v) is 4.36. The largest absolute Gasteiger partial charge is 0.419 e. The first-order valence-corrected chi connectivity index (χ1v) is 8.33. The Morgan fingerprint density at radius 3 is 2.63 bits per heavy atom. The lowest BCUT2D eigenvalue weighted by Gasteiger charge is -2.13. The molecule has 1 unspecified atom stereocenters. The monoisotopic (exact) mass is 365 g/mol. The second kappa shape index (κ2) is 6.64. The van der Waals surface area contributed by atoms with Crippen LogP contribution in [-0.2, 0) is 7.05 Å². The van der Waals surface area contributed by atoms with Gasteiger partial charge in [0.25, 0.3) is 0 Å². The van der Waals surface area contributed by atoms with Crippen LogP contribution in [0.5, 0.6) is 0 Å².